The second-order valence-electron chi connectivity index (χ2n) is 5.82. The minimum Gasteiger partial charge on any atom is -0.468 e. The van der Waals surface area contributed by atoms with E-state index in [2.05, 4.69) is 0 Å². The number of aryl methyl sites for hydroxylation is 1. The van der Waals surface area contributed by atoms with E-state index in [0.29, 0.717) is 24.4 Å². The molecule has 0 aliphatic carbocycles. The van der Waals surface area contributed by atoms with Crippen LogP contribution in [0.25, 0.3) is 0 Å². The molecule has 0 aromatic carbocycles. The van der Waals surface area contributed by atoms with Crippen molar-refractivity contribution in [1.82, 2.24) is 0 Å². The second kappa shape index (κ2) is 6.93. The van der Waals surface area contributed by atoms with E-state index < -0.39 is 5.60 Å². The molecule has 20 heavy (non-hydrogen) atoms. The van der Waals surface area contributed by atoms with Gasteiger partial charge in [0.1, 0.15) is 5.76 Å². The Labute approximate surface area is 120 Å². The van der Waals surface area contributed by atoms with Crippen LogP contribution in [0.3, 0.4) is 0 Å². The van der Waals surface area contributed by atoms with Gasteiger partial charge >= 0.3 is 0 Å². The van der Waals surface area contributed by atoms with Crippen molar-refractivity contribution in [2.45, 2.75) is 65.4 Å². The minimum atomic E-state index is -0.639. The summed E-state index contributed by atoms with van der Waals surface area (Å²) in [7, 11) is 1.51. The molecule has 1 aromatic rings. The summed E-state index contributed by atoms with van der Waals surface area (Å²) in [5.41, 5.74) is 0.656. The Morgan fingerprint density at radius 3 is 2.45 bits per heavy atom. The summed E-state index contributed by atoms with van der Waals surface area (Å²) in [4.78, 5) is 12.2. The van der Waals surface area contributed by atoms with E-state index in [1.807, 2.05) is 6.92 Å². The lowest BCUT2D eigenvalue weighted by Gasteiger charge is -2.16. The average Bonchev–Trinajstić information content (AvgIpc) is 2.37. The van der Waals surface area contributed by atoms with E-state index in [-0.39, 0.29) is 5.43 Å². The van der Waals surface area contributed by atoms with E-state index in [1.165, 1.54) is 7.11 Å². The zero-order valence-electron chi connectivity index (χ0n) is 13.2. The molecule has 4 nitrogen and oxygen atoms in total. The largest absolute Gasteiger partial charge is 0.468 e. The molecule has 0 bridgehead atoms. The summed E-state index contributed by atoms with van der Waals surface area (Å²) in [6, 6.07) is 0. The Balaban J connectivity index is 2.84. The molecule has 1 rings (SSSR count). The molecule has 1 heterocycles. The van der Waals surface area contributed by atoms with Crippen LogP contribution < -0.4 is 10.2 Å². The maximum absolute atomic E-state index is 12.2. The van der Waals surface area contributed by atoms with Crippen molar-refractivity contribution in [2.24, 2.45) is 0 Å². The summed E-state index contributed by atoms with van der Waals surface area (Å²) < 4.78 is 10.8. The molecule has 0 aliphatic rings. The second-order valence-corrected chi connectivity index (χ2v) is 5.82. The molecule has 0 atom stereocenters. The summed E-state index contributed by atoms with van der Waals surface area (Å²) in [5.74, 6) is 1.03. The topological polar surface area (TPSA) is 59.7 Å². The summed E-state index contributed by atoms with van der Waals surface area (Å²) in [5, 5.41) is 9.68. The molecular formula is C16H26O4. The lowest BCUT2D eigenvalue weighted by Crippen LogP contribution is -2.18. The molecule has 1 aromatic heterocycles. The van der Waals surface area contributed by atoms with Gasteiger partial charge in [0.15, 0.2) is 5.43 Å². The highest BCUT2D eigenvalue weighted by atomic mass is 16.6. The van der Waals surface area contributed by atoms with Crippen molar-refractivity contribution >= 4 is 0 Å². The lowest BCUT2D eigenvalue weighted by atomic mass is 9.99. The Hall–Kier alpha value is -1.29. The van der Waals surface area contributed by atoms with Gasteiger partial charge in [0, 0.05) is 12.0 Å². The third-order valence-corrected chi connectivity index (χ3v) is 3.45. The Morgan fingerprint density at radius 2 is 1.95 bits per heavy atom. The first-order chi connectivity index (χ1) is 9.30. The molecule has 114 valence electrons. The van der Waals surface area contributed by atoms with E-state index in [4.69, 9.17) is 9.15 Å². The highest BCUT2D eigenvalue weighted by Crippen LogP contribution is 2.21. The first-order valence-corrected chi connectivity index (χ1v) is 7.22. The summed E-state index contributed by atoms with van der Waals surface area (Å²) in [6.07, 6.45) is 3.87. The fraction of sp³-hybridized carbons (Fsp3) is 0.688. The van der Waals surface area contributed by atoms with Crippen LogP contribution in [0.2, 0.25) is 0 Å². The molecule has 0 unspecified atom stereocenters. The van der Waals surface area contributed by atoms with Crippen molar-refractivity contribution in [3.8, 4) is 5.95 Å². The molecule has 0 spiro atoms. The maximum Gasteiger partial charge on any atom is 0.291 e. The van der Waals surface area contributed by atoms with Crippen molar-refractivity contribution in [3.05, 3.63) is 27.1 Å². The lowest BCUT2D eigenvalue weighted by molar-refractivity contribution is 0.0681. The van der Waals surface area contributed by atoms with Crippen molar-refractivity contribution in [1.29, 1.82) is 0 Å². The first kappa shape index (κ1) is 16.8. The standard InChI is InChI=1S/C16H26O4/c1-6-12-13(9-7-8-10-16(3,4)18)20-15(19-5)11(2)14(12)17/h18H,6-10H2,1-5H3. The SMILES string of the molecule is CCc1c(CCCCC(C)(C)O)oc(OC)c(C)c1=O. The van der Waals surface area contributed by atoms with Crippen molar-refractivity contribution < 1.29 is 14.3 Å². The van der Waals surface area contributed by atoms with Gasteiger partial charge in [-0.05, 0) is 40.0 Å². The molecule has 0 saturated carbocycles. The third-order valence-electron chi connectivity index (χ3n) is 3.45. The number of rotatable bonds is 7. The van der Waals surface area contributed by atoms with Crippen LogP contribution in [-0.4, -0.2) is 17.8 Å². The van der Waals surface area contributed by atoms with Gasteiger partial charge < -0.3 is 14.3 Å². The van der Waals surface area contributed by atoms with Crippen LogP contribution in [0.1, 0.15) is 56.9 Å². The molecule has 0 radical (unpaired) electrons. The summed E-state index contributed by atoms with van der Waals surface area (Å²) >= 11 is 0. The summed E-state index contributed by atoms with van der Waals surface area (Å²) in [6.45, 7) is 7.29. The van der Waals surface area contributed by atoms with Crippen molar-refractivity contribution in [2.75, 3.05) is 7.11 Å². The molecule has 4 heteroatoms. The molecule has 1 N–H and O–H groups in total. The van der Waals surface area contributed by atoms with Gasteiger partial charge in [0.2, 0.25) is 0 Å². The van der Waals surface area contributed by atoms with Gasteiger partial charge in [-0.2, -0.15) is 0 Å². The van der Waals surface area contributed by atoms with E-state index >= 15 is 0 Å². The number of aliphatic hydroxyl groups is 1. The van der Waals surface area contributed by atoms with Crippen LogP contribution in [0, 0.1) is 6.92 Å². The number of ether oxygens (including phenoxy) is 1. The average molecular weight is 282 g/mol. The van der Waals surface area contributed by atoms with E-state index in [1.54, 1.807) is 20.8 Å². The van der Waals surface area contributed by atoms with Gasteiger partial charge in [-0.15, -0.1) is 0 Å². The van der Waals surface area contributed by atoms with Crippen LogP contribution in [0.5, 0.6) is 5.95 Å². The molecule has 0 saturated heterocycles. The van der Waals surface area contributed by atoms with Gasteiger partial charge in [-0.25, -0.2) is 0 Å². The minimum absolute atomic E-state index is 0.0214. The number of hydrogen-bond donors (Lipinski definition) is 1. The van der Waals surface area contributed by atoms with Crippen LogP contribution in [0.4, 0.5) is 0 Å². The van der Waals surface area contributed by atoms with Crippen LogP contribution >= 0.6 is 0 Å². The Bertz CT molecular complexity index is 494. The Kier molecular flexibility index (Phi) is 5.81. The zero-order chi connectivity index (χ0) is 15.3. The van der Waals surface area contributed by atoms with Gasteiger partial charge in [-0.3, -0.25) is 4.79 Å². The molecular weight excluding hydrogens is 256 g/mol. The van der Waals surface area contributed by atoms with E-state index in [0.717, 1.165) is 30.6 Å². The fourth-order valence-corrected chi connectivity index (χ4v) is 2.29. The monoisotopic (exact) mass is 282 g/mol. The predicted octanol–water partition coefficient (Wildman–Crippen LogP) is 3.00. The van der Waals surface area contributed by atoms with Gasteiger partial charge in [0.05, 0.1) is 18.3 Å². The van der Waals surface area contributed by atoms with Gasteiger partial charge in [0.25, 0.3) is 5.95 Å². The highest BCUT2D eigenvalue weighted by Gasteiger charge is 2.16. The van der Waals surface area contributed by atoms with Crippen molar-refractivity contribution in [3.63, 3.8) is 0 Å². The Morgan fingerprint density at radius 1 is 1.30 bits per heavy atom. The quantitative estimate of drug-likeness (QED) is 0.781. The van der Waals surface area contributed by atoms with Crippen LogP contribution in [-0.2, 0) is 12.8 Å². The predicted molar refractivity (Wildman–Crippen MR) is 79.5 cm³/mol. The fourth-order valence-electron chi connectivity index (χ4n) is 2.29. The molecule has 0 aliphatic heterocycles. The molecule has 0 amide bonds. The third kappa shape index (κ3) is 4.37. The highest BCUT2D eigenvalue weighted by molar-refractivity contribution is 5.30. The maximum atomic E-state index is 12.2. The number of unbranched alkanes of at least 4 members (excludes halogenated alkanes) is 1. The smallest absolute Gasteiger partial charge is 0.291 e. The number of methoxy groups -OCH3 is 1. The normalized spacial score (nSPS) is 11.7. The van der Waals surface area contributed by atoms with E-state index in [9.17, 15) is 9.90 Å². The van der Waals surface area contributed by atoms with Crippen LogP contribution in [0.15, 0.2) is 9.21 Å². The zero-order valence-corrected chi connectivity index (χ0v) is 13.2. The first-order valence-electron chi connectivity index (χ1n) is 7.22. The number of hydrogen-bond acceptors (Lipinski definition) is 4. The molecule has 0 fully saturated rings. The van der Waals surface area contributed by atoms with Gasteiger partial charge in [-0.1, -0.05) is 13.3 Å².